The number of aldehydes is 1. The SMILES string of the molecule is COCCOCCOCCOCCNC(=O)[C@H]1O[C@@H](O[C@H]2CC[C@@]3(C)C(CC[C@]4(C)C3CC=C3C5CC(C)(C)CC[C@]5(C(=O)O[C@@H]5O[C@H](C)[C@H](O)[C@H](O)[C@H]5O[C@@H]5O[C@@H](C)[C@H](O[C@@H]6OC[C@@H](O)[C@@H](O)[C@H]6O)[C@@H](O[C@@H]6O[C@H](CO)[C@@H](O)[C@H](O)[C@H]6O)[C@H]5O)[C@H](O)C[C@]34C)[C@]2(C)C=O)[C@H](O[C@@H]2O[C@H](CO)[C@H](O)[C@H](O)[C@H]2O)[C@H](O[C@@H]2OC[C@@H](O)[C@@H](O)[C@H]2O)[C@@H]1O. The quantitative estimate of drug-likeness (QED) is 0.0104. The number of hydrogen-bond donors (Lipinski definition) is 20. The van der Waals surface area contributed by atoms with Crippen LogP contribution < -0.4 is 5.32 Å². The standard InChI is InChI=1S/C79H129NO40/c1-33-45(87)52(94)63(118-70-58(100)61(116-68-55(97)50(92)48(90)39(28-81)111-68)59(34(2)110-70)114-66-53(95)46(88)37(84)30-107-66)71(109-33)120-73(102)79-17-16-74(3,4)26-36(79)35-10-11-42-75(5)14-13-44(76(6,32-83)41(75)12-15-77(42,7)78(35,8)27-43(79)86)113-72-64(119-69-56(98)51(93)49(91)40(29-82)112-69)60(115-67-54(96)47(89)38(85)31-108-67)57(99)62(117-72)65(101)80-18-19-104-22-23-106-25-24-105-21-20-103-9/h10,32-34,36-64,66-72,81-82,84-100H,11-31H2,1-9H3,(H,80,101)/t33-,34+,36?,37-,38-,39-,40-,41?,42?,43-,44+,45+,46-,47-,48-,49+,50+,51+,52+,53-,54-,55-,56-,57+,58-,59+,60-,61+,62+,63-,64-,66+,67+,68+,69+,70+,71+,72-,75+,76+,77-,78-,79-/m1/s1. The van der Waals surface area contributed by atoms with Crippen molar-refractivity contribution in [3.8, 4) is 0 Å². The Kier molecular flexibility index (Phi) is 31.3. The first-order chi connectivity index (χ1) is 56.7. The number of aliphatic hydroxyl groups is 19. The highest BCUT2D eigenvalue weighted by atomic mass is 16.8. The molecule has 690 valence electrons. The van der Waals surface area contributed by atoms with E-state index in [4.69, 9.17) is 85.3 Å². The molecule has 7 saturated heterocycles. The summed E-state index contributed by atoms with van der Waals surface area (Å²) >= 11 is 0. The van der Waals surface area contributed by atoms with Crippen molar-refractivity contribution in [3.05, 3.63) is 11.6 Å². The molecular weight excluding hydrogens is 1600 g/mol. The first-order valence-corrected chi connectivity index (χ1v) is 41.8. The molecule has 12 rings (SSSR count). The lowest BCUT2D eigenvalue weighted by Gasteiger charge is -2.71. The largest absolute Gasteiger partial charge is 0.432 e. The maximum absolute atomic E-state index is 16.0. The zero-order valence-electron chi connectivity index (χ0n) is 69.0. The zero-order chi connectivity index (χ0) is 87.4. The molecule has 20 N–H and O–H groups in total. The lowest BCUT2D eigenvalue weighted by molar-refractivity contribution is -0.394. The molecule has 3 unspecified atom stereocenters. The average molecular weight is 1730 g/mol. The highest BCUT2D eigenvalue weighted by Gasteiger charge is 2.73. The number of rotatable bonds is 30. The number of esters is 1. The Labute approximate surface area is 694 Å². The fourth-order valence-corrected chi connectivity index (χ4v) is 21.3. The fraction of sp³-hybridized carbons (Fsp3) is 0.937. The molecule has 0 aromatic heterocycles. The number of hydrogen-bond acceptors (Lipinski definition) is 40. The predicted molar refractivity (Wildman–Crippen MR) is 398 cm³/mol. The summed E-state index contributed by atoms with van der Waals surface area (Å²) in [7, 11) is 1.55. The minimum absolute atomic E-state index is 0.00960. The second-order valence-corrected chi connectivity index (χ2v) is 36.4. The van der Waals surface area contributed by atoms with Crippen LogP contribution in [0.1, 0.15) is 113 Å². The smallest absolute Gasteiger partial charge is 0.317 e. The van der Waals surface area contributed by atoms with Crippen LogP contribution in [-0.2, 0) is 99.6 Å². The Morgan fingerprint density at radius 2 is 1.00 bits per heavy atom. The summed E-state index contributed by atoms with van der Waals surface area (Å²) in [6.45, 7) is 13.6. The van der Waals surface area contributed by atoms with Gasteiger partial charge in [0.05, 0.1) is 103 Å². The minimum Gasteiger partial charge on any atom is -0.432 e. The van der Waals surface area contributed by atoms with Crippen LogP contribution in [0.4, 0.5) is 0 Å². The molecule has 12 aliphatic rings. The van der Waals surface area contributed by atoms with Crippen LogP contribution in [0.3, 0.4) is 0 Å². The summed E-state index contributed by atoms with van der Waals surface area (Å²) in [5, 5.41) is 215. The number of fused-ring (bicyclic) bond motifs is 7. The predicted octanol–water partition coefficient (Wildman–Crippen LogP) is -7.26. The molecule has 0 spiro atoms. The van der Waals surface area contributed by atoms with Gasteiger partial charge in [-0.1, -0.05) is 53.2 Å². The van der Waals surface area contributed by atoms with E-state index in [9.17, 15) is 107 Å². The van der Waals surface area contributed by atoms with E-state index in [1.165, 1.54) is 13.8 Å². The van der Waals surface area contributed by atoms with Crippen LogP contribution in [0, 0.1) is 50.2 Å². The number of carbonyl (C=O) groups excluding carboxylic acids is 3. The van der Waals surface area contributed by atoms with Gasteiger partial charge in [-0.15, -0.1) is 0 Å². The van der Waals surface area contributed by atoms with Crippen LogP contribution in [0.25, 0.3) is 0 Å². The van der Waals surface area contributed by atoms with Crippen LogP contribution in [0.2, 0.25) is 0 Å². The van der Waals surface area contributed by atoms with Gasteiger partial charge in [0.1, 0.15) is 146 Å². The third-order valence-electron chi connectivity index (χ3n) is 28.6. The number of allylic oxidation sites excluding steroid dienone is 2. The number of carbonyl (C=O) groups is 3. The Bertz CT molecular complexity index is 3390. The molecule has 0 radical (unpaired) electrons. The molecule has 7 heterocycles. The molecule has 0 aromatic carbocycles. The molecule has 5 aliphatic carbocycles. The van der Waals surface area contributed by atoms with Gasteiger partial charge in [0.15, 0.2) is 49.9 Å². The molecule has 0 bridgehead atoms. The molecule has 41 heteroatoms. The van der Waals surface area contributed by atoms with Gasteiger partial charge in [-0.05, 0) is 111 Å². The number of aliphatic hydroxyl groups excluding tert-OH is 19. The van der Waals surface area contributed by atoms with Gasteiger partial charge in [0.25, 0.3) is 5.91 Å². The van der Waals surface area contributed by atoms with Gasteiger partial charge in [-0.2, -0.15) is 0 Å². The Morgan fingerprint density at radius 1 is 0.483 bits per heavy atom. The van der Waals surface area contributed by atoms with E-state index in [1.807, 2.05) is 0 Å². The van der Waals surface area contributed by atoms with Gasteiger partial charge < -0.3 is 192 Å². The highest BCUT2D eigenvalue weighted by Crippen LogP contribution is 2.76. The van der Waals surface area contributed by atoms with E-state index in [0.29, 0.717) is 58.3 Å². The van der Waals surface area contributed by atoms with Crippen molar-refractivity contribution >= 4 is 18.2 Å². The van der Waals surface area contributed by atoms with Crippen molar-refractivity contribution < 1.29 is 197 Å². The third-order valence-corrected chi connectivity index (χ3v) is 28.6. The normalized spacial score (nSPS) is 50.3. The van der Waals surface area contributed by atoms with Crippen molar-refractivity contribution in [3.63, 3.8) is 0 Å². The van der Waals surface area contributed by atoms with Crippen LogP contribution in [-0.4, -0.2) is 416 Å². The molecule has 41 nitrogen and oxygen atoms in total. The molecule has 43 atom stereocenters. The first-order valence-electron chi connectivity index (χ1n) is 41.8. The zero-order valence-corrected chi connectivity index (χ0v) is 69.0. The average Bonchev–Trinajstić information content (AvgIpc) is 0.669. The fourth-order valence-electron chi connectivity index (χ4n) is 21.3. The summed E-state index contributed by atoms with van der Waals surface area (Å²) in [6.07, 6.45) is -57.9. The summed E-state index contributed by atoms with van der Waals surface area (Å²) in [6, 6.07) is 0. The van der Waals surface area contributed by atoms with E-state index < -0.39 is 298 Å². The second-order valence-electron chi connectivity index (χ2n) is 36.4. The van der Waals surface area contributed by atoms with E-state index in [-0.39, 0.29) is 58.2 Å². The van der Waals surface area contributed by atoms with Gasteiger partial charge in [-0.25, -0.2) is 0 Å². The highest BCUT2D eigenvalue weighted by molar-refractivity contribution is 5.82. The lowest BCUT2D eigenvalue weighted by Crippen LogP contribution is -2.70. The topological polar surface area (TPSA) is 614 Å². The Morgan fingerprint density at radius 3 is 1.57 bits per heavy atom. The minimum atomic E-state index is -2.14. The molecule has 120 heavy (non-hydrogen) atoms. The summed E-state index contributed by atoms with van der Waals surface area (Å²) < 4.78 is 108. The van der Waals surface area contributed by atoms with Gasteiger partial charge in [0.2, 0.25) is 6.29 Å². The number of amides is 1. The monoisotopic (exact) mass is 1730 g/mol. The van der Waals surface area contributed by atoms with E-state index in [0.717, 1.165) is 11.9 Å². The summed E-state index contributed by atoms with van der Waals surface area (Å²) in [4.78, 5) is 45.1. The van der Waals surface area contributed by atoms with Crippen LogP contribution >= 0.6 is 0 Å². The first kappa shape index (κ1) is 96.0. The summed E-state index contributed by atoms with van der Waals surface area (Å²) in [5.74, 6) is -3.39. The lowest BCUT2D eigenvalue weighted by atomic mass is 9.33. The Balaban J connectivity index is 0.806. The number of methoxy groups -OCH3 is 1. The van der Waals surface area contributed by atoms with Gasteiger partial charge in [0, 0.05) is 13.7 Å². The summed E-state index contributed by atoms with van der Waals surface area (Å²) in [5.41, 5.74) is -5.05. The maximum atomic E-state index is 16.0. The molecule has 0 aromatic rings. The van der Waals surface area contributed by atoms with Crippen LogP contribution in [0.15, 0.2) is 11.6 Å². The van der Waals surface area contributed by atoms with Crippen molar-refractivity contribution in [2.75, 3.05) is 86.3 Å². The maximum Gasteiger partial charge on any atom is 0.317 e. The molecular formula is C79H129NO40. The van der Waals surface area contributed by atoms with Gasteiger partial charge in [-0.3, -0.25) is 9.59 Å². The molecule has 4 saturated carbocycles. The Hall–Kier alpha value is -3.09. The number of ether oxygens (including phenoxy) is 18. The molecule has 7 aliphatic heterocycles. The van der Waals surface area contributed by atoms with E-state index >= 15 is 4.79 Å². The third kappa shape index (κ3) is 18.4. The van der Waals surface area contributed by atoms with Crippen molar-refractivity contribution in [1.29, 1.82) is 0 Å². The second kappa shape index (κ2) is 39.1. The van der Waals surface area contributed by atoms with Crippen LogP contribution in [0.5, 0.6) is 0 Å². The van der Waals surface area contributed by atoms with E-state index in [1.54, 1.807) is 14.0 Å². The molecule has 11 fully saturated rings. The van der Waals surface area contributed by atoms with Crippen molar-refractivity contribution in [1.82, 2.24) is 5.32 Å². The van der Waals surface area contributed by atoms with Crippen molar-refractivity contribution in [2.24, 2.45) is 50.2 Å². The number of nitrogens with one attached hydrogen (secondary N) is 1. The molecule has 1 amide bonds. The van der Waals surface area contributed by atoms with E-state index in [2.05, 4.69) is 46.0 Å². The van der Waals surface area contributed by atoms with Crippen molar-refractivity contribution in [2.45, 2.75) is 328 Å². The van der Waals surface area contributed by atoms with Gasteiger partial charge >= 0.3 is 5.97 Å².